The Morgan fingerprint density at radius 2 is 1.56 bits per heavy atom. The van der Waals surface area contributed by atoms with Crippen LogP contribution >= 0.6 is 0 Å². The number of hydrogen-bond donors (Lipinski definition) is 2. The van der Waals surface area contributed by atoms with Gasteiger partial charge < -0.3 is 39.1 Å². The fourth-order valence-corrected chi connectivity index (χ4v) is 4.98. The van der Waals surface area contributed by atoms with E-state index in [-0.39, 0.29) is 25.4 Å². The van der Waals surface area contributed by atoms with Crippen LogP contribution in [-0.2, 0) is 22.6 Å². The summed E-state index contributed by atoms with van der Waals surface area (Å²) in [7, 11) is 3.10. The Morgan fingerprint density at radius 3 is 2.27 bits per heavy atom. The minimum Gasteiger partial charge on any atom is -0.495 e. The number of hydrogen-bond acceptors (Lipinski definition) is 8. The summed E-state index contributed by atoms with van der Waals surface area (Å²) < 4.78 is 33.4. The highest BCUT2D eigenvalue weighted by molar-refractivity contribution is 5.98. The number of amides is 2. The molecule has 1 aliphatic rings. The van der Waals surface area contributed by atoms with E-state index < -0.39 is 18.0 Å². The van der Waals surface area contributed by atoms with Crippen molar-refractivity contribution in [3.63, 3.8) is 0 Å². The third kappa shape index (κ3) is 9.22. The molecule has 1 aliphatic heterocycles. The molecule has 0 saturated heterocycles. The van der Waals surface area contributed by atoms with E-state index in [4.69, 9.17) is 28.4 Å². The molecule has 10 heteroatoms. The molecule has 4 aromatic carbocycles. The lowest BCUT2D eigenvalue weighted by Gasteiger charge is -2.22. The van der Waals surface area contributed by atoms with Gasteiger partial charge in [0.15, 0.2) is 11.5 Å². The Balaban J connectivity index is 1.34. The van der Waals surface area contributed by atoms with Crippen LogP contribution in [0.5, 0.6) is 28.7 Å². The van der Waals surface area contributed by atoms with Crippen LogP contribution in [0.25, 0.3) is 12.2 Å². The van der Waals surface area contributed by atoms with Crippen molar-refractivity contribution in [2.75, 3.05) is 26.3 Å². The molecule has 0 spiro atoms. The van der Waals surface area contributed by atoms with Crippen molar-refractivity contribution < 1.29 is 38.0 Å². The molecular formula is C38H40N2O8. The van der Waals surface area contributed by atoms with Gasteiger partial charge in [-0.2, -0.15) is 0 Å². The van der Waals surface area contributed by atoms with Crippen LogP contribution in [0.15, 0.2) is 84.9 Å². The summed E-state index contributed by atoms with van der Waals surface area (Å²) in [6, 6.07) is 24.9. The first-order valence-electron chi connectivity index (χ1n) is 15.5. The average Bonchev–Trinajstić information content (AvgIpc) is 3.55. The standard InChI is InChI=1S/C38H40N2O8/c1-38(2,3)48-29-16-13-26(14-17-29)20-31(40-37(42)45-23-27-9-7-6-8-10-27)36(41)39-30-19-25(15-18-32(30)43-4)11-12-28-21-33(44-5)35-34(22-28)46-24-47-35/h6-19,21-22,31H,20,23-24H2,1-5H3,(H,39,41)(H,40,42)/b12-11-/t31-/m0/s1. The Labute approximate surface area is 280 Å². The number of carbonyl (C=O) groups excluding carboxylic acids is 2. The van der Waals surface area contributed by atoms with E-state index >= 15 is 0 Å². The first-order chi connectivity index (χ1) is 23.1. The summed E-state index contributed by atoms with van der Waals surface area (Å²) in [5, 5.41) is 5.69. The lowest BCUT2D eigenvalue weighted by molar-refractivity contribution is -0.118. The summed E-state index contributed by atoms with van der Waals surface area (Å²) in [5.74, 6) is 2.47. The van der Waals surface area contributed by atoms with Crippen LogP contribution in [0.4, 0.5) is 10.5 Å². The number of fused-ring (bicyclic) bond motifs is 1. The number of nitrogens with one attached hydrogen (secondary N) is 2. The number of ether oxygens (including phenoxy) is 6. The van der Waals surface area contributed by atoms with Crippen molar-refractivity contribution in [1.82, 2.24) is 5.32 Å². The van der Waals surface area contributed by atoms with E-state index in [1.165, 1.54) is 7.11 Å². The second-order valence-corrected chi connectivity index (χ2v) is 12.1. The minimum absolute atomic E-state index is 0.0668. The molecule has 0 unspecified atom stereocenters. The van der Waals surface area contributed by atoms with Gasteiger partial charge in [0.05, 0.1) is 19.9 Å². The van der Waals surface area contributed by atoms with E-state index in [0.29, 0.717) is 34.4 Å². The summed E-state index contributed by atoms with van der Waals surface area (Å²) >= 11 is 0. The van der Waals surface area contributed by atoms with E-state index in [0.717, 1.165) is 22.3 Å². The molecule has 1 heterocycles. The van der Waals surface area contributed by atoms with Gasteiger partial charge in [-0.3, -0.25) is 4.79 Å². The van der Waals surface area contributed by atoms with Gasteiger partial charge in [0.25, 0.3) is 0 Å². The lowest BCUT2D eigenvalue weighted by Crippen LogP contribution is -2.45. The Morgan fingerprint density at radius 1 is 0.833 bits per heavy atom. The van der Waals surface area contributed by atoms with Crippen LogP contribution in [-0.4, -0.2) is 44.7 Å². The predicted molar refractivity (Wildman–Crippen MR) is 184 cm³/mol. The van der Waals surface area contributed by atoms with Crippen LogP contribution in [0.1, 0.15) is 43.0 Å². The highest BCUT2D eigenvalue weighted by Crippen LogP contribution is 2.42. The van der Waals surface area contributed by atoms with Crippen LogP contribution in [0.2, 0.25) is 0 Å². The minimum atomic E-state index is -0.965. The summed E-state index contributed by atoms with van der Waals surface area (Å²) in [5.41, 5.74) is 3.37. The molecule has 2 N–H and O–H groups in total. The maximum atomic E-state index is 13.8. The van der Waals surface area contributed by atoms with Crippen molar-refractivity contribution in [3.8, 4) is 28.7 Å². The molecule has 48 heavy (non-hydrogen) atoms. The second-order valence-electron chi connectivity index (χ2n) is 12.1. The molecule has 0 saturated carbocycles. The van der Waals surface area contributed by atoms with E-state index in [9.17, 15) is 9.59 Å². The third-order valence-corrected chi connectivity index (χ3v) is 7.24. The number of anilines is 1. The van der Waals surface area contributed by atoms with E-state index in [1.807, 2.05) is 106 Å². The van der Waals surface area contributed by atoms with Gasteiger partial charge >= 0.3 is 6.09 Å². The number of rotatable bonds is 12. The molecule has 5 rings (SSSR count). The van der Waals surface area contributed by atoms with Gasteiger partial charge in [0, 0.05) is 6.42 Å². The Hall–Kier alpha value is -5.64. The largest absolute Gasteiger partial charge is 0.495 e. The van der Waals surface area contributed by atoms with Crippen molar-refractivity contribution in [1.29, 1.82) is 0 Å². The molecule has 0 aromatic heterocycles. The van der Waals surface area contributed by atoms with Crippen molar-refractivity contribution in [2.45, 2.75) is 45.4 Å². The molecule has 1 atom stereocenters. The molecule has 10 nitrogen and oxygen atoms in total. The molecule has 0 radical (unpaired) electrons. The predicted octanol–water partition coefficient (Wildman–Crippen LogP) is 7.26. The van der Waals surface area contributed by atoms with Crippen molar-refractivity contribution in [3.05, 3.63) is 107 Å². The first kappa shape index (κ1) is 33.7. The smallest absolute Gasteiger partial charge is 0.408 e. The highest BCUT2D eigenvalue weighted by Gasteiger charge is 2.24. The average molecular weight is 653 g/mol. The third-order valence-electron chi connectivity index (χ3n) is 7.24. The normalized spacial score (nSPS) is 12.7. The monoisotopic (exact) mass is 652 g/mol. The van der Waals surface area contributed by atoms with E-state index in [1.54, 1.807) is 19.2 Å². The molecule has 0 aliphatic carbocycles. The number of carbonyl (C=O) groups is 2. The van der Waals surface area contributed by atoms with Gasteiger partial charge in [-0.05, 0) is 79.4 Å². The van der Waals surface area contributed by atoms with Crippen molar-refractivity contribution >= 4 is 29.8 Å². The van der Waals surface area contributed by atoms with Crippen LogP contribution in [0.3, 0.4) is 0 Å². The van der Waals surface area contributed by atoms with Gasteiger partial charge in [0.1, 0.15) is 29.7 Å². The summed E-state index contributed by atoms with van der Waals surface area (Å²) in [6.07, 6.45) is 3.28. The zero-order chi connectivity index (χ0) is 34.1. The van der Waals surface area contributed by atoms with E-state index in [2.05, 4.69) is 10.6 Å². The number of benzene rings is 4. The van der Waals surface area contributed by atoms with Gasteiger partial charge in [-0.1, -0.05) is 60.7 Å². The number of alkyl carbamates (subject to hydrolysis) is 1. The second kappa shape index (κ2) is 15.3. The topological polar surface area (TPSA) is 114 Å². The maximum absolute atomic E-state index is 13.8. The molecule has 4 aromatic rings. The molecular weight excluding hydrogens is 612 g/mol. The molecule has 0 bridgehead atoms. The summed E-state index contributed by atoms with van der Waals surface area (Å²) in [6.45, 7) is 6.12. The SMILES string of the molecule is COc1ccc(/C=C\c2cc(OC)c3c(c2)OCO3)cc1NC(=O)[C@H](Cc1ccc(OC(C)(C)C)cc1)NC(=O)OCc1ccccc1. The van der Waals surface area contributed by atoms with Crippen LogP contribution in [0, 0.1) is 0 Å². The highest BCUT2D eigenvalue weighted by atomic mass is 16.7. The first-order valence-corrected chi connectivity index (χ1v) is 15.5. The zero-order valence-corrected chi connectivity index (χ0v) is 27.7. The summed E-state index contributed by atoms with van der Waals surface area (Å²) in [4.78, 5) is 26.7. The van der Waals surface area contributed by atoms with Crippen molar-refractivity contribution in [2.24, 2.45) is 0 Å². The Bertz CT molecular complexity index is 1750. The van der Waals surface area contributed by atoms with Gasteiger partial charge in [-0.25, -0.2) is 4.79 Å². The lowest BCUT2D eigenvalue weighted by atomic mass is 10.0. The maximum Gasteiger partial charge on any atom is 0.408 e. The van der Waals surface area contributed by atoms with Gasteiger partial charge in [0.2, 0.25) is 18.4 Å². The quantitative estimate of drug-likeness (QED) is 0.154. The number of methoxy groups -OCH3 is 2. The molecule has 2 amide bonds. The van der Waals surface area contributed by atoms with Gasteiger partial charge in [-0.15, -0.1) is 0 Å². The van der Waals surface area contributed by atoms with Crippen LogP contribution < -0.4 is 34.3 Å². The molecule has 250 valence electrons. The molecule has 0 fully saturated rings. The fourth-order valence-electron chi connectivity index (χ4n) is 4.98. The zero-order valence-electron chi connectivity index (χ0n) is 27.7. The Kier molecular flexibility index (Phi) is 10.7. The fraction of sp³-hybridized carbons (Fsp3) is 0.263.